The van der Waals surface area contributed by atoms with Gasteiger partial charge in [-0.05, 0) is 52.6 Å². The van der Waals surface area contributed by atoms with Crippen molar-refractivity contribution in [3.05, 3.63) is 82.1 Å². The summed E-state index contributed by atoms with van der Waals surface area (Å²) in [5, 5.41) is 5.19. The first-order chi connectivity index (χ1) is 12.7. The SMILES string of the molecule is CCc1cccc(CC)c1NC(=O)/C=C/c1cc(-c2ccccc2)cs1. The number of amides is 1. The second kappa shape index (κ2) is 8.63. The Labute approximate surface area is 159 Å². The topological polar surface area (TPSA) is 29.1 Å². The molecule has 0 radical (unpaired) electrons. The number of hydrogen-bond donors (Lipinski definition) is 1. The minimum Gasteiger partial charge on any atom is -0.322 e. The van der Waals surface area contributed by atoms with Crippen molar-refractivity contribution >= 4 is 29.0 Å². The summed E-state index contributed by atoms with van der Waals surface area (Å²) in [4.78, 5) is 13.5. The van der Waals surface area contributed by atoms with Crippen LogP contribution in [-0.2, 0) is 17.6 Å². The average molecular weight is 362 g/mol. The lowest BCUT2D eigenvalue weighted by atomic mass is 10.0. The van der Waals surface area contributed by atoms with E-state index in [0.717, 1.165) is 23.4 Å². The predicted molar refractivity (Wildman–Crippen MR) is 113 cm³/mol. The Kier molecular flexibility index (Phi) is 6.03. The van der Waals surface area contributed by atoms with Crippen LogP contribution in [0.15, 0.2) is 66.1 Å². The molecule has 0 aliphatic carbocycles. The molecule has 0 bridgehead atoms. The van der Waals surface area contributed by atoms with Crippen molar-refractivity contribution in [2.45, 2.75) is 26.7 Å². The van der Waals surface area contributed by atoms with Crippen molar-refractivity contribution < 1.29 is 4.79 Å². The van der Waals surface area contributed by atoms with E-state index in [1.807, 2.05) is 24.3 Å². The van der Waals surface area contributed by atoms with Crippen molar-refractivity contribution in [3.8, 4) is 11.1 Å². The van der Waals surface area contributed by atoms with Gasteiger partial charge in [0.15, 0.2) is 0 Å². The highest BCUT2D eigenvalue weighted by Gasteiger charge is 2.08. The Morgan fingerprint density at radius 3 is 2.31 bits per heavy atom. The molecular formula is C23H23NOS. The number of benzene rings is 2. The zero-order valence-electron chi connectivity index (χ0n) is 15.2. The summed E-state index contributed by atoms with van der Waals surface area (Å²) in [7, 11) is 0. The highest BCUT2D eigenvalue weighted by atomic mass is 32.1. The molecule has 1 amide bonds. The molecule has 0 aliphatic heterocycles. The number of para-hydroxylation sites is 1. The predicted octanol–water partition coefficient (Wildman–Crippen LogP) is 6.19. The van der Waals surface area contributed by atoms with Gasteiger partial charge in [-0.1, -0.05) is 62.4 Å². The van der Waals surface area contributed by atoms with Crippen molar-refractivity contribution in [1.29, 1.82) is 0 Å². The second-order valence-corrected chi connectivity index (χ2v) is 7.03. The van der Waals surface area contributed by atoms with Crippen LogP contribution in [0.25, 0.3) is 17.2 Å². The third-order valence-corrected chi connectivity index (χ3v) is 5.27. The first-order valence-electron chi connectivity index (χ1n) is 8.95. The molecule has 1 aromatic heterocycles. The summed E-state index contributed by atoms with van der Waals surface area (Å²) in [6.07, 6.45) is 5.30. The van der Waals surface area contributed by atoms with Gasteiger partial charge in [-0.25, -0.2) is 0 Å². The molecule has 1 N–H and O–H groups in total. The highest BCUT2D eigenvalue weighted by molar-refractivity contribution is 7.11. The molecule has 3 heteroatoms. The fraction of sp³-hybridized carbons (Fsp3) is 0.174. The lowest BCUT2D eigenvalue weighted by Crippen LogP contribution is -2.11. The number of thiophene rings is 1. The molecule has 1 heterocycles. The minimum atomic E-state index is -0.0877. The Bertz CT molecular complexity index is 887. The molecule has 2 aromatic carbocycles. The van der Waals surface area contributed by atoms with E-state index < -0.39 is 0 Å². The molecule has 0 fully saturated rings. The number of hydrogen-bond acceptors (Lipinski definition) is 2. The molecule has 0 spiro atoms. The van der Waals surface area contributed by atoms with Gasteiger partial charge in [-0.3, -0.25) is 4.79 Å². The van der Waals surface area contributed by atoms with E-state index in [4.69, 9.17) is 0 Å². The van der Waals surface area contributed by atoms with Gasteiger partial charge >= 0.3 is 0 Å². The number of anilines is 1. The van der Waals surface area contributed by atoms with Crippen LogP contribution < -0.4 is 5.32 Å². The standard InChI is InChI=1S/C23H23NOS/c1-3-17-11-8-12-18(4-2)23(17)24-22(25)14-13-21-15-20(16-26-21)19-9-6-5-7-10-19/h5-16H,3-4H2,1-2H3,(H,24,25)/b14-13+. The van der Waals surface area contributed by atoms with Crippen LogP contribution in [0.2, 0.25) is 0 Å². The van der Waals surface area contributed by atoms with Gasteiger partial charge in [0, 0.05) is 16.6 Å². The molecular weight excluding hydrogens is 338 g/mol. The second-order valence-electron chi connectivity index (χ2n) is 6.08. The van der Waals surface area contributed by atoms with Gasteiger partial charge in [0.05, 0.1) is 0 Å². The lowest BCUT2D eigenvalue weighted by molar-refractivity contribution is -0.111. The van der Waals surface area contributed by atoms with Crippen LogP contribution in [0.3, 0.4) is 0 Å². The largest absolute Gasteiger partial charge is 0.322 e. The van der Waals surface area contributed by atoms with E-state index in [-0.39, 0.29) is 5.91 Å². The Morgan fingerprint density at radius 1 is 0.962 bits per heavy atom. The van der Waals surface area contributed by atoms with Gasteiger partial charge in [0.2, 0.25) is 5.91 Å². The molecule has 0 atom stereocenters. The fourth-order valence-electron chi connectivity index (χ4n) is 2.95. The first kappa shape index (κ1) is 18.2. The Balaban J connectivity index is 1.72. The van der Waals surface area contributed by atoms with Crippen LogP contribution in [0, 0.1) is 0 Å². The van der Waals surface area contributed by atoms with Gasteiger partial charge in [-0.2, -0.15) is 0 Å². The summed E-state index contributed by atoms with van der Waals surface area (Å²) in [6, 6.07) is 18.6. The molecule has 0 saturated carbocycles. The minimum absolute atomic E-state index is 0.0877. The molecule has 3 rings (SSSR count). The maximum atomic E-state index is 12.4. The number of carbonyl (C=O) groups excluding carboxylic acids is 1. The maximum absolute atomic E-state index is 12.4. The Morgan fingerprint density at radius 2 is 1.65 bits per heavy atom. The number of rotatable bonds is 6. The molecule has 0 aliphatic rings. The van der Waals surface area contributed by atoms with Crippen molar-refractivity contribution in [2.75, 3.05) is 5.32 Å². The van der Waals surface area contributed by atoms with E-state index in [0.29, 0.717) is 0 Å². The number of nitrogens with one attached hydrogen (secondary N) is 1. The van der Waals surface area contributed by atoms with Gasteiger partial charge < -0.3 is 5.32 Å². The van der Waals surface area contributed by atoms with Crippen LogP contribution >= 0.6 is 11.3 Å². The summed E-state index contributed by atoms with van der Waals surface area (Å²) in [6.45, 7) is 4.22. The fourth-order valence-corrected chi connectivity index (χ4v) is 3.76. The molecule has 3 aromatic rings. The quantitative estimate of drug-likeness (QED) is 0.521. The first-order valence-corrected chi connectivity index (χ1v) is 9.83. The average Bonchev–Trinajstić information content (AvgIpc) is 3.16. The number of carbonyl (C=O) groups is 1. The zero-order valence-corrected chi connectivity index (χ0v) is 16.0. The van der Waals surface area contributed by atoms with Gasteiger partial charge in [0.25, 0.3) is 0 Å². The van der Waals surface area contributed by atoms with Gasteiger partial charge in [0.1, 0.15) is 0 Å². The van der Waals surface area contributed by atoms with E-state index in [2.05, 4.69) is 60.9 Å². The van der Waals surface area contributed by atoms with Crippen LogP contribution in [0.4, 0.5) is 5.69 Å². The van der Waals surface area contributed by atoms with Crippen LogP contribution in [0.1, 0.15) is 29.9 Å². The highest BCUT2D eigenvalue weighted by Crippen LogP contribution is 2.26. The molecule has 26 heavy (non-hydrogen) atoms. The smallest absolute Gasteiger partial charge is 0.248 e. The van der Waals surface area contributed by atoms with E-state index in [1.54, 1.807) is 17.4 Å². The summed E-state index contributed by atoms with van der Waals surface area (Å²) in [5.74, 6) is -0.0877. The summed E-state index contributed by atoms with van der Waals surface area (Å²) >= 11 is 1.64. The van der Waals surface area contributed by atoms with Gasteiger partial charge in [-0.15, -0.1) is 11.3 Å². The van der Waals surface area contributed by atoms with Crippen LogP contribution in [-0.4, -0.2) is 5.91 Å². The summed E-state index contributed by atoms with van der Waals surface area (Å²) < 4.78 is 0. The Hall–Kier alpha value is -2.65. The zero-order chi connectivity index (χ0) is 18.4. The summed E-state index contributed by atoms with van der Waals surface area (Å²) in [5.41, 5.74) is 5.68. The maximum Gasteiger partial charge on any atom is 0.248 e. The third-order valence-electron chi connectivity index (χ3n) is 4.37. The van der Waals surface area contributed by atoms with E-state index in [9.17, 15) is 4.79 Å². The normalized spacial score (nSPS) is 11.0. The number of aryl methyl sites for hydroxylation is 2. The van der Waals surface area contributed by atoms with Crippen molar-refractivity contribution in [2.24, 2.45) is 0 Å². The van der Waals surface area contributed by atoms with Crippen molar-refractivity contribution in [1.82, 2.24) is 0 Å². The van der Waals surface area contributed by atoms with E-state index in [1.165, 1.54) is 22.3 Å². The molecule has 2 nitrogen and oxygen atoms in total. The third kappa shape index (κ3) is 4.30. The lowest BCUT2D eigenvalue weighted by Gasteiger charge is -2.13. The van der Waals surface area contributed by atoms with E-state index >= 15 is 0 Å². The molecule has 132 valence electrons. The van der Waals surface area contributed by atoms with Crippen molar-refractivity contribution in [3.63, 3.8) is 0 Å². The molecule has 0 unspecified atom stereocenters. The monoisotopic (exact) mass is 361 g/mol. The molecule has 0 saturated heterocycles. The van der Waals surface area contributed by atoms with Crippen LogP contribution in [0.5, 0.6) is 0 Å².